The van der Waals surface area contributed by atoms with Crippen LogP contribution in [0.1, 0.15) is 12.8 Å². The minimum absolute atomic E-state index is 0.944. The summed E-state index contributed by atoms with van der Waals surface area (Å²) in [5, 5.41) is 0. The lowest BCUT2D eigenvalue weighted by atomic mass is 10.2. The third-order valence-corrected chi connectivity index (χ3v) is 0.933. The highest BCUT2D eigenvalue weighted by Gasteiger charge is 1.85. The zero-order chi connectivity index (χ0) is 4.24. The van der Waals surface area contributed by atoms with Gasteiger partial charge in [-0.05, 0) is 0 Å². The predicted molar refractivity (Wildman–Crippen MR) is 24.4 cm³/mol. The molecule has 0 amide bonds. The summed E-state index contributed by atoms with van der Waals surface area (Å²) in [6.45, 7) is 1.89. The molecule has 0 spiro atoms. The van der Waals surface area contributed by atoms with Gasteiger partial charge in [0.05, 0.1) is 0 Å². The van der Waals surface area contributed by atoms with Gasteiger partial charge >= 0.3 is 0 Å². The third-order valence-electron chi connectivity index (χ3n) is 0.933. The van der Waals surface area contributed by atoms with Crippen LogP contribution >= 0.6 is 0 Å². The lowest BCUT2D eigenvalue weighted by molar-refractivity contribution is 0.117. The van der Waals surface area contributed by atoms with E-state index in [-0.39, 0.29) is 0 Å². The van der Waals surface area contributed by atoms with E-state index in [0.717, 1.165) is 26.1 Å². The lowest BCUT2D eigenvalue weighted by Gasteiger charge is -2.17. The molecule has 1 heterocycles. The van der Waals surface area contributed by atoms with E-state index in [1.54, 1.807) is 0 Å². The van der Waals surface area contributed by atoms with Crippen LogP contribution in [0.5, 0.6) is 0 Å². The topological polar surface area (TPSA) is 9.23 Å². The maximum atomic E-state index is 5.04. The molecule has 1 aliphatic heterocycles. The van der Waals surface area contributed by atoms with Crippen LogP contribution in [0.2, 0.25) is 0 Å². The lowest BCUT2D eigenvalue weighted by Crippen LogP contribution is -2.03. The summed E-state index contributed by atoms with van der Waals surface area (Å²) in [7, 11) is 0. The molecule has 0 bridgehead atoms. The molecular formula is C5H9O-. The van der Waals surface area contributed by atoms with Crippen molar-refractivity contribution in [2.24, 2.45) is 0 Å². The first-order valence-electron chi connectivity index (χ1n) is 2.39. The van der Waals surface area contributed by atoms with Gasteiger partial charge in [0.25, 0.3) is 0 Å². The Balaban J connectivity index is 2.00. The van der Waals surface area contributed by atoms with Crippen LogP contribution in [0.3, 0.4) is 0 Å². The van der Waals surface area contributed by atoms with Gasteiger partial charge in [0, 0.05) is 13.2 Å². The van der Waals surface area contributed by atoms with Crippen LogP contribution in [0.4, 0.5) is 0 Å². The molecule has 0 aromatic carbocycles. The molecule has 0 atom stereocenters. The molecule has 1 fully saturated rings. The predicted octanol–water partition coefficient (Wildman–Crippen LogP) is 1.00. The second kappa shape index (κ2) is 2.19. The Morgan fingerprint density at radius 2 is 1.83 bits per heavy atom. The van der Waals surface area contributed by atoms with Crippen molar-refractivity contribution in [1.29, 1.82) is 0 Å². The number of hydrogen-bond donors (Lipinski definition) is 0. The van der Waals surface area contributed by atoms with Gasteiger partial charge in [0.1, 0.15) is 0 Å². The zero-order valence-corrected chi connectivity index (χ0v) is 3.81. The molecule has 0 aromatic heterocycles. The minimum atomic E-state index is 0.944. The Morgan fingerprint density at radius 1 is 1.17 bits per heavy atom. The van der Waals surface area contributed by atoms with Crippen molar-refractivity contribution in [2.45, 2.75) is 12.8 Å². The van der Waals surface area contributed by atoms with Gasteiger partial charge in [-0.25, -0.2) is 0 Å². The van der Waals surface area contributed by atoms with E-state index in [4.69, 9.17) is 4.74 Å². The molecule has 1 heteroatoms. The Hall–Kier alpha value is -0.0400. The van der Waals surface area contributed by atoms with Crippen LogP contribution in [-0.2, 0) is 4.74 Å². The van der Waals surface area contributed by atoms with E-state index in [1.807, 2.05) is 0 Å². The van der Waals surface area contributed by atoms with E-state index >= 15 is 0 Å². The van der Waals surface area contributed by atoms with E-state index < -0.39 is 0 Å². The third kappa shape index (κ3) is 0.977. The average molecular weight is 85.1 g/mol. The van der Waals surface area contributed by atoms with Crippen LogP contribution < -0.4 is 0 Å². The molecule has 6 heavy (non-hydrogen) atoms. The van der Waals surface area contributed by atoms with Gasteiger partial charge in [0.15, 0.2) is 0 Å². The summed E-state index contributed by atoms with van der Waals surface area (Å²) in [4.78, 5) is 0. The second-order valence-corrected chi connectivity index (χ2v) is 1.48. The summed E-state index contributed by atoms with van der Waals surface area (Å²) < 4.78 is 5.04. The Kier molecular flexibility index (Phi) is 1.51. The number of ether oxygens (including phenoxy) is 1. The molecule has 1 aliphatic rings. The maximum absolute atomic E-state index is 5.04. The quantitative estimate of drug-likeness (QED) is 0.399. The Morgan fingerprint density at radius 3 is 2.00 bits per heavy atom. The van der Waals surface area contributed by atoms with Gasteiger partial charge in [-0.15, -0.1) is 0 Å². The summed E-state index contributed by atoms with van der Waals surface area (Å²) in [5.41, 5.74) is 0. The first-order valence-corrected chi connectivity index (χ1v) is 2.39. The largest absolute Gasteiger partial charge is 0.387 e. The van der Waals surface area contributed by atoms with Crippen molar-refractivity contribution in [1.82, 2.24) is 0 Å². The molecule has 0 unspecified atom stereocenters. The molecular weight excluding hydrogens is 76.1 g/mol. The molecule has 36 valence electrons. The van der Waals surface area contributed by atoms with Gasteiger partial charge in [0.2, 0.25) is 0 Å². The van der Waals surface area contributed by atoms with Crippen molar-refractivity contribution in [3.63, 3.8) is 0 Å². The van der Waals surface area contributed by atoms with Crippen LogP contribution in [0.25, 0.3) is 0 Å². The molecule has 0 saturated carbocycles. The van der Waals surface area contributed by atoms with Crippen LogP contribution in [0, 0.1) is 6.42 Å². The molecule has 1 nitrogen and oxygen atoms in total. The van der Waals surface area contributed by atoms with Gasteiger partial charge in [-0.2, -0.15) is 12.8 Å². The normalized spacial score (nSPS) is 24.0. The molecule has 1 saturated heterocycles. The van der Waals surface area contributed by atoms with Crippen LogP contribution in [-0.4, -0.2) is 13.2 Å². The fraction of sp³-hybridized carbons (Fsp3) is 0.800. The van der Waals surface area contributed by atoms with Crippen molar-refractivity contribution < 1.29 is 4.74 Å². The SMILES string of the molecule is [CH-]1CCOCC1. The smallest absolute Gasteiger partial charge is 0.0195 e. The molecule has 0 aromatic rings. The highest BCUT2D eigenvalue weighted by atomic mass is 16.5. The van der Waals surface area contributed by atoms with Crippen molar-refractivity contribution in [2.75, 3.05) is 13.2 Å². The fourth-order valence-electron chi connectivity index (χ4n) is 0.580. The van der Waals surface area contributed by atoms with E-state index in [0.29, 0.717) is 0 Å². The van der Waals surface area contributed by atoms with Gasteiger partial charge in [-0.1, -0.05) is 0 Å². The standard InChI is InChI=1S/C5H9O/c1-2-4-6-5-3-1/h1H,2-5H2/q-1. The number of rotatable bonds is 0. The highest BCUT2D eigenvalue weighted by Crippen LogP contribution is 2.00. The Bertz CT molecular complexity index is 19.4. The Labute approximate surface area is 38.3 Å². The van der Waals surface area contributed by atoms with Crippen LogP contribution in [0.15, 0.2) is 0 Å². The molecule has 0 aliphatic carbocycles. The fourth-order valence-corrected chi connectivity index (χ4v) is 0.580. The summed E-state index contributed by atoms with van der Waals surface area (Å²) >= 11 is 0. The maximum Gasteiger partial charge on any atom is 0.0195 e. The highest BCUT2D eigenvalue weighted by molar-refractivity contribution is 4.66. The first-order chi connectivity index (χ1) is 3.00. The molecule has 0 radical (unpaired) electrons. The van der Waals surface area contributed by atoms with Crippen molar-refractivity contribution in [3.8, 4) is 0 Å². The second-order valence-electron chi connectivity index (χ2n) is 1.48. The van der Waals surface area contributed by atoms with E-state index in [1.165, 1.54) is 0 Å². The van der Waals surface area contributed by atoms with Gasteiger partial charge in [-0.3, -0.25) is 0 Å². The summed E-state index contributed by atoms with van der Waals surface area (Å²) in [5.74, 6) is 0. The van der Waals surface area contributed by atoms with E-state index in [9.17, 15) is 0 Å². The first kappa shape index (κ1) is 4.13. The molecule has 0 N–H and O–H groups in total. The summed E-state index contributed by atoms with van der Waals surface area (Å²) in [6, 6.07) is 0. The van der Waals surface area contributed by atoms with E-state index in [2.05, 4.69) is 6.42 Å². The monoisotopic (exact) mass is 85.1 g/mol. The minimum Gasteiger partial charge on any atom is -0.387 e. The number of hydrogen-bond acceptors (Lipinski definition) is 1. The average Bonchev–Trinajstić information content (AvgIpc) is 1.72. The zero-order valence-electron chi connectivity index (χ0n) is 3.81. The molecule has 1 rings (SSSR count). The van der Waals surface area contributed by atoms with Crippen molar-refractivity contribution >= 4 is 0 Å². The van der Waals surface area contributed by atoms with Crippen molar-refractivity contribution in [3.05, 3.63) is 6.42 Å². The summed E-state index contributed by atoms with van der Waals surface area (Å²) in [6.07, 6.45) is 4.57. The van der Waals surface area contributed by atoms with Gasteiger partial charge < -0.3 is 11.2 Å².